The van der Waals surface area contributed by atoms with Gasteiger partial charge in [-0.25, -0.2) is 32.0 Å². The van der Waals surface area contributed by atoms with Gasteiger partial charge in [0.2, 0.25) is 5.88 Å². The highest BCUT2D eigenvalue weighted by Crippen LogP contribution is 2.48. The molecule has 13 heteroatoms. The number of carbonyl (C=O) groups is 2. The van der Waals surface area contributed by atoms with Crippen LogP contribution in [0.3, 0.4) is 0 Å². The summed E-state index contributed by atoms with van der Waals surface area (Å²) < 4.78 is 55.3. The van der Waals surface area contributed by atoms with Gasteiger partial charge >= 0.3 is 12.1 Å². The van der Waals surface area contributed by atoms with E-state index in [1.54, 1.807) is 0 Å². The molecule has 0 fully saturated rings. The second-order valence-corrected chi connectivity index (χ2v) is 15.0. The van der Waals surface area contributed by atoms with Crippen molar-refractivity contribution in [1.29, 1.82) is 4.78 Å². The molecule has 0 saturated carbocycles. The van der Waals surface area contributed by atoms with Crippen molar-refractivity contribution in [3.63, 3.8) is 0 Å². The summed E-state index contributed by atoms with van der Waals surface area (Å²) in [5.74, 6) is -0.160. The van der Waals surface area contributed by atoms with Crippen LogP contribution in [0.4, 0.5) is 19.7 Å². The molecule has 1 aliphatic heterocycles. The standard InChI is InChI=1S/C39H37FN6O5S/c1-42-38(48)51-28-23-45-36(50-24-28)33(22-43-45)52(41,49)46(37(47)44-35-31-19-11-18-29(31)34(40)30-20-21-32(30)35)39(25-12-5-2-6-13-25,26-14-7-3-8-15-26)27-16-9-4-10-17-27/h2-10,12-17,22,28,41H,11,18-21,23-24H2,1H3,(H,42,48)(H,44,47)/t28-,52?/m0/s1. The van der Waals surface area contributed by atoms with Crippen LogP contribution < -0.4 is 15.4 Å². The number of nitrogens with zero attached hydrogens (tertiary/aromatic N) is 3. The molecule has 8 rings (SSSR count). The van der Waals surface area contributed by atoms with Crippen LogP contribution in [0, 0.1) is 10.6 Å². The van der Waals surface area contributed by atoms with Crippen LogP contribution in [-0.2, 0) is 52.4 Å². The Morgan fingerprint density at radius 3 is 2.00 bits per heavy atom. The zero-order valence-electron chi connectivity index (χ0n) is 28.4. The first kappa shape index (κ1) is 33.5. The summed E-state index contributed by atoms with van der Waals surface area (Å²) in [5.41, 5.74) is 3.34. The summed E-state index contributed by atoms with van der Waals surface area (Å²) in [5, 5.41) is 9.93. The summed E-state index contributed by atoms with van der Waals surface area (Å²) in [7, 11) is -2.93. The predicted molar refractivity (Wildman–Crippen MR) is 192 cm³/mol. The molecule has 3 amide bonds. The van der Waals surface area contributed by atoms with Crippen molar-refractivity contribution in [2.24, 2.45) is 0 Å². The molecule has 3 aliphatic rings. The number of alkyl carbamates (subject to hydrolysis) is 1. The number of rotatable bonds is 8. The van der Waals surface area contributed by atoms with Crippen molar-refractivity contribution in [3.8, 4) is 5.88 Å². The van der Waals surface area contributed by atoms with Gasteiger partial charge in [0, 0.05) is 12.7 Å². The van der Waals surface area contributed by atoms with Crippen molar-refractivity contribution >= 4 is 27.7 Å². The molecular formula is C39H37FN6O5S. The molecule has 52 heavy (non-hydrogen) atoms. The number of carbonyl (C=O) groups excluding carboxylic acids is 2. The third kappa shape index (κ3) is 5.29. The van der Waals surface area contributed by atoms with Gasteiger partial charge in [-0.1, -0.05) is 91.0 Å². The lowest BCUT2D eigenvalue weighted by molar-refractivity contribution is 0.0300. The molecule has 5 aromatic rings. The Morgan fingerprint density at radius 1 is 0.904 bits per heavy atom. The van der Waals surface area contributed by atoms with E-state index in [2.05, 4.69) is 15.7 Å². The van der Waals surface area contributed by atoms with Gasteiger partial charge in [0.15, 0.2) is 16.0 Å². The van der Waals surface area contributed by atoms with Crippen LogP contribution in [0.1, 0.15) is 45.4 Å². The van der Waals surface area contributed by atoms with Gasteiger partial charge in [0.25, 0.3) is 0 Å². The molecule has 2 atom stereocenters. The van der Waals surface area contributed by atoms with E-state index in [0.717, 1.165) is 21.9 Å². The number of anilines is 1. The average Bonchev–Trinajstić information content (AvgIpc) is 3.82. The van der Waals surface area contributed by atoms with Crippen LogP contribution in [0.5, 0.6) is 5.88 Å². The Kier molecular flexibility index (Phi) is 8.45. The third-order valence-electron chi connectivity index (χ3n) is 10.2. The quantitative estimate of drug-likeness (QED) is 0.155. The minimum Gasteiger partial charge on any atom is -0.473 e. The summed E-state index contributed by atoms with van der Waals surface area (Å²) in [4.78, 5) is 27.3. The number of ether oxygens (including phenoxy) is 2. The van der Waals surface area contributed by atoms with Gasteiger partial charge in [0.05, 0.1) is 12.7 Å². The minimum atomic E-state index is -4.37. The Bertz CT molecular complexity index is 2190. The summed E-state index contributed by atoms with van der Waals surface area (Å²) >= 11 is 0. The first-order chi connectivity index (χ1) is 25.2. The largest absolute Gasteiger partial charge is 0.473 e. The van der Waals surface area contributed by atoms with Gasteiger partial charge in [-0.2, -0.15) is 5.10 Å². The second kappa shape index (κ2) is 13.1. The van der Waals surface area contributed by atoms with Crippen molar-refractivity contribution in [2.75, 3.05) is 19.0 Å². The highest BCUT2D eigenvalue weighted by Gasteiger charge is 2.52. The molecule has 4 aromatic carbocycles. The molecule has 1 unspecified atom stereocenters. The molecule has 2 heterocycles. The van der Waals surface area contributed by atoms with Crippen molar-refractivity contribution in [1.82, 2.24) is 19.4 Å². The Balaban J connectivity index is 1.36. The number of hydrogen-bond acceptors (Lipinski definition) is 7. The maximum absolute atomic E-state index is 15.8. The molecule has 266 valence electrons. The summed E-state index contributed by atoms with van der Waals surface area (Å²) in [6.45, 7) is 0.00238. The molecule has 0 radical (unpaired) electrons. The number of aromatic nitrogens is 2. The van der Waals surface area contributed by atoms with E-state index >= 15 is 13.4 Å². The lowest BCUT2D eigenvalue weighted by atomic mass is 9.77. The van der Waals surface area contributed by atoms with E-state index in [1.165, 1.54) is 17.9 Å². The van der Waals surface area contributed by atoms with E-state index in [0.29, 0.717) is 59.2 Å². The fraction of sp³-hybridized carbons (Fsp3) is 0.256. The lowest BCUT2D eigenvalue weighted by Gasteiger charge is -2.45. The van der Waals surface area contributed by atoms with E-state index in [-0.39, 0.29) is 29.7 Å². The predicted octanol–water partition coefficient (Wildman–Crippen LogP) is 6.57. The van der Waals surface area contributed by atoms with Crippen LogP contribution in [0.2, 0.25) is 0 Å². The van der Waals surface area contributed by atoms with Crippen LogP contribution in [0.15, 0.2) is 102 Å². The van der Waals surface area contributed by atoms with Crippen LogP contribution in [-0.4, -0.2) is 50.2 Å². The zero-order valence-corrected chi connectivity index (χ0v) is 29.3. The maximum atomic E-state index is 15.8. The lowest BCUT2D eigenvalue weighted by Crippen LogP contribution is -2.55. The SMILES string of the molecule is CNC(=O)O[C@@H]1COc2c(S(=N)(=O)N(C(=O)Nc3c4c(c(F)c5c3CC5)CCC4)C(c3ccccc3)(c3ccccc3)c3ccccc3)cnn2C1. The molecule has 3 N–H and O–H groups in total. The maximum Gasteiger partial charge on any atom is 0.407 e. The third-order valence-corrected chi connectivity index (χ3v) is 12.0. The van der Waals surface area contributed by atoms with Gasteiger partial charge in [-0.3, -0.25) is 0 Å². The first-order valence-electron chi connectivity index (χ1n) is 17.2. The molecule has 11 nitrogen and oxygen atoms in total. The highest BCUT2D eigenvalue weighted by atomic mass is 32.2. The van der Waals surface area contributed by atoms with Crippen molar-refractivity contribution < 1.29 is 27.7 Å². The number of benzene rings is 4. The molecule has 1 aromatic heterocycles. The number of urea groups is 1. The number of halogens is 1. The zero-order chi connectivity index (χ0) is 36.0. The van der Waals surface area contributed by atoms with E-state index in [4.69, 9.17) is 9.47 Å². The van der Waals surface area contributed by atoms with Crippen molar-refractivity contribution in [3.05, 3.63) is 142 Å². The van der Waals surface area contributed by atoms with Crippen LogP contribution in [0.25, 0.3) is 0 Å². The molecule has 2 aliphatic carbocycles. The number of nitrogens with one attached hydrogen (secondary N) is 3. The normalized spacial score (nSPS) is 16.9. The topological polar surface area (TPSA) is 139 Å². The summed E-state index contributed by atoms with van der Waals surface area (Å²) in [6, 6.07) is 26.9. The van der Waals surface area contributed by atoms with Gasteiger partial charge < -0.3 is 20.1 Å². The molecular weight excluding hydrogens is 684 g/mol. The smallest absolute Gasteiger partial charge is 0.407 e. The van der Waals surface area contributed by atoms with Gasteiger partial charge in [0.1, 0.15) is 22.9 Å². The number of hydrogen-bond donors (Lipinski definition) is 3. The molecule has 0 spiro atoms. The Labute approximate surface area is 300 Å². The van der Waals surface area contributed by atoms with E-state index in [9.17, 15) is 9.57 Å². The molecule has 0 saturated heterocycles. The Morgan fingerprint density at radius 2 is 1.44 bits per heavy atom. The summed E-state index contributed by atoms with van der Waals surface area (Å²) in [6.07, 6.45) is 3.03. The van der Waals surface area contributed by atoms with E-state index < -0.39 is 33.7 Å². The van der Waals surface area contributed by atoms with Gasteiger partial charge in [-0.15, -0.1) is 0 Å². The Hall–Kier alpha value is -5.69. The number of fused-ring (bicyclic) bond motifs is 3. The average molecular weight is 721 g/mol. The fourth-order valence-electron chi connectivity index (χ4n) is 7.80. The van der Waals surface area contributed by atoms with Gasteiger partial charge in [-0.05, 0) is 71.0 Å². The minimum absolute atomic E-state index is 0.0319. The van der Waals surface area contributed by atoms with Crippen LogP contribution >= 0.6 is 0 Å². The first-order valence-corrected chi connectivity index (χ1v) is 18.7. The monoisotopic (exact) mass is 720 g/mol. The fourth-order valence-corrected chi connectivity index (χ4v) is 9.57. The second-order valence-electron chi connectivity index (χ2n) is 13.1. The number of amides is 3. The van der Waals surface area contributed by atoms with E-state index in [1.807, 2.05) is 91.0 Å². The highest BCUT2D eigenvalue weighted by molar-refractivity contribution is 7.90. The molecule has 0 bridgehead atoms. The van der Waals surface area contributed by atoms with Crippen molar-refractivity contribution in [2.45, 2.75) is 55.2 Å².